The van der Waals surface area contributed by atoms with Crippen LogP contribution in [0.25, 0.3) is 0 Å². The minimum Gasteiger partial charge on any atom is -0.355 e. The third kappa shape index (κ3) is 1.78. The monoisotopic (exact) mass is 170 g/mol. The molecule has 0 aromatic rings. The number of hydrogen-bond acceptors (Lipinski definition) is 2. The van der Waals surface area contributed by atoms with E-state index in [0.717, 1.165) is 19.5 Å². The van der Waals surface area contributed by atoms with Crippen LogP contribution >= 0.6 is 0 Å². The number of rotatable bonds is 3. The molecule has 0 aliphatic carbocycles. The van der Waals surface area contributed by atoms with Gasteiger partial charge in [0, 0.05) is 19.1 Å². The highest BCUT2D eigenvalue weighted by Gasteiger charge is 2.34. The van der Waals surface area contributed by atoms with Crippen molar-refractivity contribution in [2.24, 2.45) is 0 Å². The van der Waals surface area contributed by atoms with E-state index in [-0.39, 0.29) is 11.9 Å². The third-order valence-electron chi connectivity index (χ3n) is 2.38. The predicted molar refractivity (Wildman–Crippen MR) is 48.9 cm³/mol. The summed E-state index contributed by atoms with van der Waals surface area (Å²) in [7, 11) is 0. The average molecular weight is 170 g/mol. The van der Waals surface area contributed by atoms with E-state index >= 15 is 0 Å². The summed E-state index contributed by atoms with van der Waals surface area (Å²) in [5.74, 6) is 0.192. The Labute approximate surface area is 74.1 Å². The first-order valence-electron chi connectivity index (χ1n) is 4.70. The number of likely N-dealkylation sites (tertiary alicyclic amines) is 1. The van der Waals surface area contributed by atoms with Crippen LogP contribution in [0.15, 0.2) is 0 Å². The third-order valence-corrected chi connectivity index (χ3v) is 2.38. The molecule has 1 heterocycles. The van der Waals surface area contributed by atoms with Crippen LogP contribution in [0.1, 0.15) is 27.2 Å². The fourth-order valence-electron chi connectivity index (χ4n) is 1.60. The Kier molecular flexibility index (Phi) is 3.09. The van der Waals surface area contributed by atoms with Gasteiger partial charge in [0.15, 0.2) is 0 Å². The number of nitrogens with zero attached hydrogens (tertiary/aromatic N) is 1. The van der Waals surface area contributed by atoms with Gasteiger partial charge < -0.3 is 5.32 Å². The van der Waals surface area contributed by atoms with Crippen LogP contribution in [-0.4, -0.2) is 36.0 Å². The lowest BCUT2D eigenvalue weighted by Crippen LogP contribution is -2.58. The normalized spacial score (nSPS) is 23.8. The van der Waals surface area contributed by atoms with Crippen molar-refractivity contribution in [1.82, 2.24) is 10.2 Å². The summed E-state index contributed by atoms with van der Waals surface area (Å²) in [5, 5.41) is 2.85. The molecule has 1 N–H and O–H groups in total. The molecular weight excluding hydrogens is 152 g/mol. The minimum atomic E-state index is 0.143. The van der Waals surface area contributed by atoms with Crippen molar-refractivity contribution >= 4 is 5.91 Å². The van der Waals surface area contributed by atoms with Crippen molar-refractivity contribution < 1.29 is 4.79 Å². The van der Waals surface area contributed by atoms with E-state index in [4.69, 9.17) is 0 Å². The molecule has 0 spiro atoms. The number of amides is 1. The number of likely N-dealkylation sites (N-methyl/N-ethyl adjacent to an activating group) is 1. The van der Waals surface area contributed by atoms with Gasteiger partial charge >= 0.3 is 0 Å². The Bertz CT molecular complexity index is 168. The van der Waals surface area contributed by atoms with E-state index in [0.29, 0.717) is 6.04 Å². The van der Waals surface area contributed by atoms with Crippen molar-refractivity contribution in [3.05, 3.63) is 0 Å². The second-order valence-corrected chi connectivity index (χ2v) is 3.53. The average Bonchev–Trinajstić information content (AvgIpc) is 1.82. The van der Waals surface area contributed by atoms with Crippen LogP contribution in [-0.2, 0) is 4.79 Å². The second kappa shape index (κ2) is 3.90. The van der Waals surface area contributed by atoms with Gasteiger partial charge in [-0.05, 0) is 27.2 Å². The molecule has 0 saturated carbocycles. The van der Waals surface area contributed by atoms with E-state index in [9.17, 15) is 4.79 Å². The predicted octanol–water partition coefficient (Wildman–Crippen LogP) is 0.605. The number of carbonyl (C=O) groups excluding carboxylic acids is 1. The Morgan fingerprint density at radius 2 is 2.33 bits per heavy atom. The molecule has 0 bridgehead atoms. The molecule has 12 heavy (non-hydrogen) atoms. The molecule has 0 aromatic heterocycles. The second-order valence-electron chi connectivity index (χ2n) is 3.53. The molecule has 3 heteroatoms. The van der Waals surface area contributed by atoms with Gasteiger partial charge in [-0.3, -0.25) is 9.69 Å². The summed E-state index contributed by atoms with van der Waals surface area (Å²) in [4.78, 5) is 13.6. The molecule has 1 fully saturated rings. The van der Waals surface area contributed by atoms with Gasteiger partial charge in [-0.2, -0.15) is 0 Å². The SMILES string of the molecule is CCNC(=O)[C@@H]1CCN1C(C)C. The number of carbonyl (C=O) groups is 1. The van der Waals surface area contributed by atoms with E-state index in [1.54, 1.807) is 0 Å². The maximum atomic E-state index is 11.4. The summed E-state index contributed by atoms with van der Waals surface area (Å²) >= 11 is 0. The van der Waals surface area contributed by atoms with Gasteiger partial charge in [0.2, 0.25) is 5.91 Å². The summed E-state index contributed by atoms with van der Waals surface area (Å²) in [6.07, 6.45) is 1.02. The molecule has 1 atom stereocenters. The van der Waals surface area contributed by atoms with Crippen LogP contribution in [0.2, 0.25) is 0 Å². The van der Waals surface area contributed by atoms with E-state index in [2.05, 4.69) is 24.1 Å². The van der Waals surface area contributed by atoms with Gasteiger partial charge in [-0.15, -0.1) is 0 Å². The van der Waals surface area contributed by atoms with Crippen LogP contribution < -0.4 is 5.32 Å². The summed E-state index contributed by atoms with van der Waals surface area (Å²) < 4.78 is 0. The first-order valence-corrected chi connectivity index (χ1v) is 4.70. The lowest BCUT2D eigenvalue weighted by molar-refractivity contribution is -0.132. The van der Waals surface area contributed by atoms with Crippen LogP contribution in [0, 0.1) is 0 Å². The zero-order chi connectivity index (χ0) is 9.14. The zero-order valence-corrected chi connectivity index (χ0v) is 8.13. The van der Waals surface area contributed by atoms with Crippen molar-refractivity contribution in [1.29, 1.82) is 0 Å². The molecule has 0 aromatic carbocycles. The molecule has 0 radical (unpaired) electrons. The molecule has 1 saturated heterocycles. The van der Waals surface area contributed by atoms with Gasteiger partial charge in [-0.25, -0.2) is 0 Å². The van der Waals surface area contributed by atoms with Gasteiger partial charge in [0.25, 0.3) is 0 Å². The van der Waals surface area contributed by atoms with Gasteiger partial charge in [0.1, 0.15) is 0 Å². The highest BCUT2D eigenvalue weighted by atomic mass is 16.2. The fraction of sp³-hybridized carbons (Fsp3) is 0.889. The summed E-state index contributed by atoms with van der Waals surface area (Å²) in [6.45, 7) is 8.02. The Hall–Kier alpha value is -0.570. The quantitative estimate of drug-likeness (QED) is 0.673. The molecular formula is C9H18N2O. The largest absolute Gasteiger partial charge is 0.355 e. The Morgan fingerprint density at radius 1 is 1.67 bits per heavy atom. The summed E-state index contributed by atoms with van der Waals surface area (Å²) in [5.41, 5.74) is 0. The Balaban J connectivity index is 2.38. The highest BCUT2D eigenvalue weighted by molar-refractivity contribution is 5.82. The summed E-state index contributed by atoms with van der Waals surface area (Å²) in [6, 6.07) is 0.635. The maximum Gasteiger partial charge on any atom is 0.237 e. The first kappa shape index (κ1) is 9.52. The van der Waals surface area contributed by atoms with Gasteiger partial charge in [0.05, 0.1) is 6.04 Å². The highest BCUT2D eigenvalue weighted by Crippen LogP contribution is 2.20. The van der Waals surface area contributed by atoms with Crippen molar-refractivity contribution in [3.8, 4) is 0 Å². The fourth-order valence-corrected chi connectivity index (χ4v) is 1.60. The van der Waals surface area contributed by atoms with E-state index in [1.807, 2.05) is 6.92 Å². The molecule has 1 amide bonds. The molecule has 0 unspecified atom stereocenters. The standard InChI is InChI=1S/C9H18N2O/c1-4-10-9(12)8-5-6-11(8)7(2)3/h7-8H,4-6H2,1-3H3,(H,10,12)/t8-/m0/s1. The smallest absolute Gasteiger partial charge is 0.237 e. The molecule has 1 aliphatic rings. The van der Waals surface area contributed by atoms with Crippen molar-refractivity contribution in [2.75, 3.05) is 13.1 Å². The molecule has 70 valence electrons. The Morgan fingerprint density at radius 3 is 2.67 bits per heavy atom. The lowest BCUT2D eigenvalue weighted by Gasteiger charge is -2.42. The number of nitrogens with one attached hydrogen (secondary N) is 1. The van der Waals surface area contributed by atoms with E-state index < -0.39 is 0 Å². The van der Waals surface area contributed by atoms with Crippen molar-refractivity contribution in [3.63, 3.8) is 0 Å². The van der Waals surface area contributed by atoms with E-state index in [1.165, 1.54) is 0 Å². The first-order chi connectivity index (χ1) is 5.66. The van der Waals surface area contributed by atoms with Crippen LogP contribution in [0.4, 0.5) is 0 Å². The molecule has 1 rings (SSSR count). The minimum absolute atomic E-state index is 0.143. The zero-order valence-electron chi connectivity index (χ0n) is 8.13. The topological polar surface area (TPSA) is 32.3 Å². The number of hydrogen-bond donors (Lipinski definition) is 1. The van der Waals surface area contributed by atoms with Crippen LogP contribution in [0.3, 0.4) is 0 Å². The molecule has 3 nitrogen and oxygen atoms in total. The molecule has 1 aliphatic heterocycles. The lowest BCUT2D eigenvalue weighted by atomic mass is 10.00. The van der Waals surface area contributed by atoms with Gasteiger partial charge in [-0.1, -0.05) is 0 Å². The van der Waals surface area contributed by atoms with Crippen molar-refractivity contribution in [2.45, 2.75) is 39.3 Å². The maximum absolute atomic E-state index is 11.4. The van der Waals surface area contributed by atoms with Crippen LogP contribution in [0.5, 0.6) is 0 Å².